The lowest BCUT2D eigenvalue weighted by atomic mass is 9.84. The number of aliphatic carboxylic acids is 1. The molecule has 112 valence electrons. The van der Waals surface area contributed by atoms with Crippen LogP contribution in [0.5, 0.6) is 0 Å². The third-order valence-electron chi connectivity index (χ3n) is 5.77. The van der Waals surface area contributed by atoms with Gasteiger partial charge in [-0.2, -0.15) is 0 Å². The van der Waals surface area contributed by atoms with Gasteiger partial charge in [-0.1, -0.05) is 13.8 Å². The lowest BCUT2D eigenvalue weighted by molar-refractivity contribution is -0.144. The standard InChI is InChI=1S/C15H24N2O3/c1-8-6-17(7-9(8)2)15(20)16-13-11-4-3-10(5-11)12(13)14(18)19/h8-13H,3-7H2,1-2H3,(H,16,20)(H,18,19). The molecule has 6 unspecified atom stereocenters. The molecule has 2 amide bonds. The van der Waals surface area contributed by atoms with Gasteiger partial charge in [-0.15, -0.1) is 0 Å². The van der Waals surface area contributed by atoms with Gasteiger partial charge in [0.25, 0.3) is 0 Å². The first-order valence-electron chi connectivity index (χ1n) is 7.75. The molecule has 1 aliphatic heterocycles. The van der Waals surface area contributed by atoms with Crippen LogP contribution in [0.4, 0.5) is 4.79 Å². The van der Waals surface area contributed by atoms with Crippen molar-refractivity contribution in [2.75, 3.05) is 13.1 Å². The van der Waals surface area contributed by atoms with Gasteiger partial charge in [0.05, 0.1) is 5.92 Å². The number of urea groups is 1. The molecule has 0 spiro atoms. The molecule has 1 heterocycles. The third-order valence-corrected chi connectivity index (χ3v) is 5.77. The molecular weight excluding hydrogens is 256 g/mol. The van der Waals surface area contributed by atoms with E-state index in [1.807, 2.05) is 4.90 Å². The summed E-state index contributed by atoms with van der Waals surface area (Å²) in [5, 5.41) is 12.4. The van der Waals surface area contributed by atoms with Crippen molar-refractivity contribution in [3.05, 3.63) is 0 Å². The number of carboxylic acids is 1. The molecule has 2 bridgehead atoms. The van der Waals surface area contributed by atoms with Gasteiger partial charge in [-0.05, 0) is 42.9 Å². The van der Waals surface area contributed by atoms with E-state index in [0.717, 1.165) is 32.4 Å². The summed E-state index contributed by atoms with van der Waals surface area (Å²) in [4.78, 5) is 25.7. The SMILES string of the molecule is CC1CN(C(=O)NC2C3CCC(C3)C2C(=O)O)CC1C. The van der Waals surface area contributed by atoms with Gasteiger partial charge in [0, 0.05) is 19.1 Å². The fourth-order valence-electron chi connectivity index (χ4n) is 4.38. The van der Waals surface area contributed by atoms with Crippen molar-refractivity contribution in [1.29, 1.82) is 0 Å². The Morgan fingerprint density at radius 3 is 2.30 bits per heavy atom. The predicted octanol–water partition coefficient (Wildman–Crippen LogP) is 1.78. The van der Waals surface area contributed by atoms with Gasteiger partial charge >= 0.3 is 12.0 Å². The minimum absolute atomic E-state index is 0.0648. The predicted molar refractivity (Wildman–Crippen MR) is 74.2 cm³/mol. The van der Waals surface area contributed by atoms with E-state index in [1.54, 1.807) is 0 Å². The number of amides is 2. The van der Waals surface area contributed by atoms with E-state index in [4.69, 9.17) is 0 Å². The number of likely N-dealkylation sites (tertiary alicyclic amines) is 1. The summed E-state index contributed by atoms with van der Waals surface area (Å²) < 4.78 is 0. The molecule has 6 atom stereocenters. The first-order chi connectivity index (χ1) is 9.47. The zero-order valence-corrected chi connectivity index (χ0v) is 12.2. The van der Waals surface area contributed by atoms with Gasteiger partial charge in [-0.3, -0.25) is 4.79 Å². The second-order valence-corrected chi connectivity index (χ2v) is 7.03. The van der Waals surface area contributed by atoms with E-state index in [0.29, 0.717) is 17.8 Å². The number of carboxylic acid groups (broad SMARTS) is 1. The Bertz CT molecular complexity index is 415. The highest BCUT2D eigenvalue weighted by molar-refractivity contribution is 5.78. The topological polar surface area (TPSA) is 69.6 Å². The number of hydrogen-bond acceptors (Lipinski definition) is 2. The Hall–Kier alpha value is -1.26. The van der Waals surface area contributed by atoms with E-state index >= 15 is 0 Å². The van der Waals surface area contributed by atoms with E-state index in [9.17, 15) is 14.7 Å². The second kappa shape index (κ2) is 4.93. The quantitative estimate of drug-likeness (QED) is 0.810. The average molecular weight is 280 g/mol. The average Bonchev–Trinajstić information content (AvgIpc) is 3.05. The Labute approximate surface area is 119 Å². The monoisotopic (exact) mass is 280 g/mol. The Kier molecular flexibility index (Phi) is 3.38. The number of nitrogens with zero attached hydrogens (tertiary/aromatic N) is 1. The van der Waals surface area contributed by atoms with Crippen molar-refractivity contribution in [1.82, 2.24) is 10.2 Å². The van der Waals surface area contributed by atoms with E-state index < -0.39 is 5.97 Å². The van der Waals surface area contributed by atoms with Crippen molar-refractivity contribution in [2.45, 2.75) is 39.2 Å². The third kappa shape index (κ3) is 2.17. The van der Waals surface area contributed by atoms with Crippen molar-refractivity contribution < 1.29 is 14.7 Å². The van der Waals surface area contributed by atoms with Crippen molar-refractivity contribution >= 4 is 12.0 Å². The normalized spacial score (nSPS) is 43.0. The highest BCUT2D eigenvalue weighted by atomic mass is 16.4. The van der Waals surface area contributed by atoms with Crippen molar-refractivity contribution in [3.8, 4) is 0 Å². The molecule has 0 aromatic heterocycles. The molecule has 20 heavy (non-hydrogen) atoms. The molecule has 0 aromatic carbocycles. The molecule has 2 aliphatic carbocycles. The molecule has 5 heteroatoms. The van der Waals surface area contributed by atoms with E-state index in [2.05, 4.69) is 19.2 Å². The first kappa shape index (κ1) is 13.7. The first-order valence-corrected chi connectivity index (χ1v) is 7.75. The highest BCUT2D eigenvalue weighted by Crippen LogP contribution is 2.48. The summed E-state index contributed by atoms with van der Waals surface area (Å²) in [5.74, 6) is 0.551. The van der Waals surface area contributed by atoms with Crippen LogP contribution in [-0.2, 0) is 4.79 Å². The molecule has 0 radical (unpaired) electrons. The summed E-state index contributed by atoms with van der Waals surface area (Å²) in [6.07, 6.45) is 3.03. The fraction of sp³-hybridized carbons (Fsp3) is 0.867. The number of carbonyl (C=O) groups is 2. The minimum atomic E-state index is -0.745. The maximum Gasteiger partial charge on any atom is 0.317 e. The van der Waals surface area contributed by atoms with Crippen LogP contribution in [0, 0.1) is 29.6 Å². The minimum Gasteiger partial charge on any atom is -0.481 e. The van der Waals surface area contributed by atoms with Crippen LogP contribution in [0.2, 0.25) is 0 Å². The Morgan fingerprint density at radius 2 is 1.70 bits per heavy atom. The summed E-state index contributed by atoms with van der Waals surface area (Å²) >= 11 is 0. The van der Waals surface area contributed by atoms with Crippen LogP contribution in [0.25, 0.3) is 0 Å². The van der Waals surface area contributed by atoms with Crippen LogP contribution in [-0.4, -0.2) is 41.1 Å². The molecule has 3 rings (SSSR count). The van der Waals surface area contributed by atoms with E-state index in [-0.39, 0.29) is 23.9 Å². The number of hydrogen-bond donors (Lipinski definition) is 2. The highest BCUT2D eigenvalue weighted by Gasteiger charge is 2.52. The molecule has 2 N–H and O–H groups in total. The summed E-state index contributed by atoms with van der Waals surface area (Å²) in [6, 6.07) is -0.227. The molecule has 0 aromatic rings. The smallest absolute Gasteiger partial charge is 0.317 e. The number of carbonyl (C=O) groups excluding carboxylic acids is 1. The molecule has 3 aliphatic rings. The zero-order valence-electron chi connectivity index (χ0n) is 12.2. The van der Waals surface area contributed by atoms with Crippen molar-refractivity contribution in [2.24, 2.45) is 29.6 Å². The van der Waals surface area contributed by atoms with Crippen LogP contribution < -0.4 is 5.32 Å². The molecule has 5 nitrogen and oxygen atoms in total. The number of nitrogens with one attached hydrogen (secondary N) is 1. The molecule has 1 saturated heterocycles. The molecular formula is C15H24N2O3. The fourth-order valence-corrected chi connectivity index (χ4v) is 4.38. The van der Waals surface area contributed by atoms with E-state index in [1.165, 1.54) is 0 Å². The van der Waals surface area contributed by atoms with Gasteiger partial charge in [0.2, 0.25) is 0 Å². The Morgan fingerprint density at radius 1 is 1.10 bits per heavy atom. The number of fused-ring (bicyclic) bond motifs is 2. The summed E-state index contributed by atoms with van der Waals surface area (Å²) in [6.45, 7) is 5.89. The van der Waals surface area contributed by atoms with Crippen LogP contribution in [0.15, 0.2) is 0 Å². The largest absolute Gasteiger partial charge is 0.481 e. The van der Waals surface area contributed by atoms with Crippen LogP contribution in [0.1, 0.15) is 33.1 Å². The maximum absolute atomic E-state index is 12.4. The zero-order chi connectivity index (χ0) is 14.4. The maximum atomic E-state index is 12.4. The van der Waals surface area contributed by atoms with Crippen molar-refractivity contribution in [3.63, 3.8) is 0 Å². The lowest BCUT2D eigenvalue weighted by Crippen LogP contribution is -2.51. The van der Waals surface area contributed by atoms with Gasteiger partial charge in [0.1, 0.15) is 0 Å². The molecule has 2 saturated carbocycles. The summed E-state index contributed by atoms with van der Waals surface area (Å²) in [7, 11) is 0. The summed E-state index contributed by atoms with van der Waals surface area (Å²) in [5.41, 5.74) is 0. The Balaban J connectivity index is 1.65. The number of rotatable bonds is 2. The van der Waals surface area contributed by atoms with Gasteiger partial charge < -0.3 is 15.3 Å². The van der Waals surface area contributed by atoms with Gasteiger partial charge in [0.15, 0.2) is 0 Å². The molecule has 3 fully saturated rings. The van der Waals surface area contributed by atoms with Crippen LogP contribution >= 0.6 is 0 Å². The lowest BCUT2D eigenvalue weighted by Gasteiger charge is -2.30. The second-order valence-electron chi connectivity index (χ2n) is 7.03. The van der Waals surface area contributed by atoms with Crippen LogP contribution in [0.3, 0.4) is 0 Å². The van der Waals surface area contributed by atoms with Gasteiger partial charge in [-0.25, -0.2) is 4.79 Å².